The Bertz CT molecular complexity index is 3970. The number of aryl methyl sites for hydroxylation is 4. The van der Waals surface area contributed by atoms with Crippen molar-refractivity contribution < 1.29 is 8.42 Å². The number of nitrogens with one attached hydrogen (secondary N) is 1. The van der Waals surface area contributed by atoms with Crippen molar-refractivity contribution in [2.24, 2.45) is 11.8 Å². The smallest absolute Gasteiger partial charge is 0.229 e. The summed E-state index contributed by atoms with van der Waals surface area (Å²) in [5.74, 6) is 3.56. The van der Waals surface area contributed by atoms with Crippen LogP contribution in [0.25, 0.3) is 51.3 Å². The Balaban J connectivity index is 0.000000150. The predicted octanol–water partition coefficient (Wildman–Crippen LogP) is 17.2. The molecule has 2 aliphatic rings. The number of hydrogen-bond donors (Lipinski definition) is 1. The second-order valence-corrected chi connectivity index (χ2v) is 25.1. The third-order valence-electron chi connectivity index (χ3n) is 16.1. The highest BCUT2D eigenvalue weighted by Gasteiger charge is 2.25. The van der Waals surface area contributed by atoms with Crippen molar-refractivity contribution in [3.8, 4) is 0 Å². The fourth-order valence-corrected chi connectivity index (χ4v) is 12.1. The molecule has 2 fully saturated rings. The van der Waals surface area contributed by atoms with Crippen LogP contribution in [0, 0.1) is 46.5 Å². The zero-order chi connectivity index (χ0) is 57.3. The van der Waals surface area contributed by atoms with Crippen LogP contribution in [0.15, 0.2) is 158 Å². The van der Waals surface area contributed by atoms with E-state index in [4.69, 9.17) is 33.2 Å². The summed E-state index contributed by atoms with van der Waals surface area (Å²) in [6, 6.07) is 49.7. The van der Waals surface area contributed by atoms with E-state index < -0.39 is 10.0 Å². The van der Waals surface area contributed by atoms with Crippen LogP contribution < -0.4 is 4.72 Å². The Morgan fingerprint density at radius 3 is 1.86 bits per heavy atom. The van der Waals surface area contributed by atoms with Crippen LogP contribution in [0.1, 0.15) is 108 Å². The van der Waals surface area contributed by atoms with Gasteiger partial charge in [0.2, 0.25) is 10.0 Å². The van der Waals surface area contributed by atoms with Gasteiger partial charge >= 0.3 is 0 Å². The van der Waals surface area contributed by atoms with Crippen molar-refractivity contribution in [1.82, 2.24) is 33.6 Å². The zero-order valence-electron chi connectivity index (χ0n) is 48.0. The number of rotatable bonds is 14. The van der Waals surface area contributed by atoms with E-state index in [-0.39, 0.29) is 7.43 Å². The molecule has 83 heavy (non-hydrogen) atoms. The number of nitrogens with zero attached hydrogens (tertiary/aromatic N) is 7. The summed E-state index contributed by atoms with van der Waals surface area (Å²) >= 11 is 12.1. The van der Waals surface area contributed by atoms with Crippen molar-refractivity contribution in [2.75, 3.05) is 30.6 Å². The summed E-state index contributed by atoms with van der Waals surface area (Å²) in [7, 11) is -3.36. The van der Waals surface area contributed by atoms with Crippen molar-refractivity contribution in [2.45, 2.75) is 100 Å². The molecule has 0 radical (unpaired) electrons. The van der Waals surface area contributed by atoms with Crippen LogP contribution in [0.2, 0.25) is 10.0 Å². The summed E-state index contributed by atoms with van der Waals surface area (Å²) in [6.45, 7) is 16.2. The van der Waals surface area contributed by atoms with Gasteiger partial charge < -0.3 is 18.6 Å². The van der Waals surface area contributed by atoms with Gasteiger partial charge in [-0.15, -0.1) is 0 Å². The second kappa shape index (κ2) is 27.4. The minimum atomic E-state index is -3.36. The molecule has 0 spiro atoms. The molecule has 0 bridgehead atoms. The van der Waals surface area contributed by atoms with Gasteiger partial charge in [-0.05, 0) is 184 Å². The number of halogens is 2. The molecule has 1 aliphatic carbocycles. The lowest BCUT2D eigenvalue weighted by atomic mass is 9.89. The Labute approximate surface area is 501 Å². The normalized spacial score (nSPS) is 15.0. The molecule has 3 aromatic heterocycles. The van der Waals surface area contributed by atoms with E-state index in [1.54, 1.807) is 6.33 Å². The maximum atomic E-state index is 11.7. The maximum absolute atomic E-state index is 11.7. The van der Waals surface area contributed by atoms with Crippen molar-refractivity contribution in [3.05, 3.63) is 230 Å². The van der Waals surface area contributed by atoms with Crippen LogP contribution in [0.3, 0.4) is 0 Å². The molecule has 1 unspecified atom stereocenters. The van der Waals surface area contributed by atoms with Gasteiger partial charge in [0.1, 0.15) is 17.2 Å². The van der Waals surface area contributed by atoms with Crippen molar-refractivity contribution >= 4 is 90.2 Å². The fraction of sp³-hybridized carbons (Fsp3) is 0.300. The number of hydrogen-bond acceptors (Lipinski definition) is 6. The third kappa shape index (κ3) is 15.7. The Morgan fingerprint density at radius 1 is 0.602 bits per heavy atom. The summed E-state index contributed by atoms with van der Waals surface area (Å²) < 4.78 is 32.6. The molecule has 430 valence electrons. The Kier molecular flexibility index (Phi) is 19.9. The first-order valence-electron chi connectivity index (χ1n) is 28.6. The monoisotopic (exact) mass is 1160 g/mol. The van der Waals surface area contributed by atoms with Gasteiger partial charge in [0.05, 0.1) is 45.9 Å². The summed E-state index contributed by atoms with van der Waals surface area (Å²) in [5, 5.41) is 1.53. The van der Waals surface area contributed by atoms with Crippen LogP contribution >= 0.6 is 23.2 Å². The molecule has 1 N–H and O–H groups in total. The molecule has 13 heteroatoms. The largest absolute Gasteiger partial charge is 0.326 e. The maximum Gasteiger partial charge on any atom is 0.229 e. The average molecular weight is 1170 g/mol. The first-order valence-corrected chi connectivity index (χ1v) is 31.3. The molecule has 4 heterocycles. The van der Waals surface area contributed by atoms with Crippen molar-refractivity contribution in [3.63, 3.8) is 0 Å². The molecule has 1 saturated heterocycles. The van der Waals surface area contributed by atoms with Crippen molar-refractivity contribution in [1.29, 1.82) is 0 Å². The molecular formula is C70H78Cl2N8O2S. The second-order valence-electron chi connectivity index (χ2n) is 22.5. The molecule has 1 atom stereocenters. The Morgan fingerprint density at radius 2 is 1.18 bits per heavy atom. The molecule has 1 saturated carbocycles. The standard InChI is InChI=1S/C27H32ClN3.C24H21ClN2.C18H21N3O2S.CH4/c28-24-13-10-22(11-14-24)20-31-26-9-5-4-8-25(26)29-27(31)15-12-23-16-17-30(19-23)18-21-6-2-1-3-7-21;1-17-14-22-23(15-18(17)2)27(16-20-8-11-21(25)12-9-20)24(26-22)13-10-19-6-4-3-5-7-19;1-12-5-7-15(8-6-12)10-21-11-19-18-16(21)9-13(2)14(3)17(18)20-24(4,22)23;/h4-5,8-15,21,23H,1-3,6-7,16-20H2;3-15H,16H2,1-2H3;5-9,11,20H,10H2,1-4H3;1H4/b15-12+;13-10+;;. The van der Waals surface area contributed by atoms with Crippen LogP contribution in [0.4, 0.5) is 5.69 Å². The number of sulfonamides is 1. The lowest BCUT2D eigenvalue weighted by molar-refractivity contribution is 0.231. The van der Waals surface area contributed by atoms with E-state index in [2.05, 4.69) is 172 Å². The number of benzene rings is 7. The quantitative estimate of drug-likeness (QED) is 0.116. The molecule has 10 nitrogen and oxygen atoms in total. The number of anilines is 1. The lowest BCUT2D eigenvalue weighted by Gasteiger charge is -2.26. The molecular weight excluding hydrogens is 1090 g/mol. The minimum absolute atomic E-state index is 0. The van der Waals surface area contributed by atoms with E-state index >= 15 is 0 Å². The van der Waals surface area contributed by atoms with Gasteiger partial charge in [0, 0.05) is 42.8 Å². The molecule has 12 rings (SSSR count). The minimum Gasteiger partial charge on any atom is -0.326 e. The number of para-hydroxylation sites is 2. The van der Waals surface area contributed by atoms with Gasteiger partial charge in [0.25, 0.3) is 0 Å². The molecule has 7 aromatic carbocycles. The van der Waals surface area contributed by atoms with E-state index in [1.165, 1.54) is 97.1 Å². The third-order valence-corrected chi connectivity index (χ3v) is 17.2. The number of aromatic nitrogens is 6. The summed E-state index contributed by atoms with van der Waals surface area (Å²) in [6.07, 6.45) is 20.2. The van der Waals surface area contributed by atoms with Gasteiger partial charge in [-0.25, -0.2) is 23.4 Å². The van der Waals surface area contributed by atoms with Gasteiger partial charge in [-0.3, -0.25) is 4.72 Å². The molecule has 10 aromatic rings. The van der Waals surface area contributed by atoms with Gasteiger partial charge in [-0.2, -0.15) is 0 Å². The first-order chi connectivity index (χ1) is 39.6. The van der Waals surface area contributed by atoms with E-state index in [0.717, 1.165) is 85.7 Å². The highest BCUT2D eigenvalue weighted by Crippen LogP contribution is 2.32. The van der Waals surface area contributed by atoms with Crippen LogP contribution in [0.5, 0.6) is 0 Å². The average Bonchev–Trinajstić information content (AvgIpc) is 4.24. The summed E-state index contributed by atoms with van der Waals surface area (Å²) in [4.78, 5) is 17.0. The first kappa shape index (κ1) is 60.3. The van der Waals surface area contributed by atoms with Crippen LogP contribution in [-0.4, -0.2) is 67.9 Å². The van der Waals surface area contributed by atoms with E-state index in [9.17, 15) is 8.42 Å². The van der Waals surface area contributed by atoms with E-state index in [1.807, 2.05) is 60.9 Å². The Hall–Kier alpha value is -7.28. The topological polar surface area (TPSA) is 103 Å². The van der Waals surface area contributed by atoms with E-state index in [0.29, 0.717) is 23.7 Å². The molecule has 0 amide bonds. The van der Waals surface area contributed by atoms with Crippen LogP contribution in [-0.2, 0) is 29.7 Å². The number of likely N-dealkylation sites (tertiary alicyclic amines) is 1. The fourth-order valence-electron chi connectivity index (χ4n) is 11.3. The highest BCUT2D eigenvalue weighted by atomic mass is 35.5. The zero-order valence-corrected chi connectivity index (χ0v) is 50.3. The lowest BCUT2D eigenvalue weighted by Crippen LogP contribution is -2.28. The number of fused-ring (bicyclic) bond motifs is 3. The predicted molar refractivity (Wildman–Crippen MR) is 350 cm³/mol. The SMILES string of the molecule is C.Cc1cc2nc(/C=C/c3ccccc3)n(Cc3ccc(Cl)cc3)c2cc1C.Cc1ccc(Cn2cnc3c(NS(C)(=O)=O)c(C)c(C)cc32)cc1.Clc1ccc(Cn2c(/C=C/C3CCN(CC4CCCCC4)C3)nc3ccccc32)cc1. The number of imidazole rings is 3. The molecule has 1 aliphatic heterocycles. The highest BCUT2D eigenvalue weighted by molar-refractivity contribution is 7.92. The van der Waals surface area contributed by atoms with Gasteiger partial charge in [0.15, 0.2) is 0 Å². The summed E-state index contributed by atoms with van der Waals surface area (Å²) in [5.41, 5.74) is 17.0. The van der Waals surface area contributed by atoms with Gasteiger partial charge in [-0.1, -0.05) is 159 Å².